The van der Waals surface area contributed by atoms with E-state index < -0.39 is 11.0 Å². The van der Waals surface area contributed by atoms with Crippen LogP contribution in [0.25, 0.3) is 0 Å². The molecule has 0 aromatic heterocycles. The van der Waals surface area contributed by atoms with Crippen molar-refractivity contribution >= 4 is 0 Å². The average molecular weight is 220 g/mol. The Labute approximate surface area is 91.9 Å². The van der Waals surface area contributed by atoms with Crippen molar-refractivity contribution in [3.63, 3.8) is 0 Å². The summed E-state index contributed by atoms with van der Waals surface area (Å²) < 4.78 is 5.40. The molecule has 4 heteroatoms. The highest BCUT2D eigenvalue weighted by molar-refractivity contribution is 4.85. The summed E-state index contributed by atoms with van der Waals surface area (Å²) in [5.74, 6) is 0. The van der Waals surface area contributed by atoms with Gasteiger partial charge in [0.15, 0.2) is 0 Å². The number of hydrogen-bond acceptors (Lipinski definition) is 4. The highest BCUT2D eigenvalue weighted by Gasteiger charge is 2.35. The van der Waals surface area contributed by atoms with Gasteiger partial charge in [0.25, 0.3) is 0 Å². The summed E-state index contributed by atoms with van der Waals surface area (Å²) in [6, 6.07) is 0. The molecule has 0 atom stereocenters. The van der Waals surface area contributed by atoms with Crippen LogP contribution in [0, 0.1) is 5.41 Å². The lowest BCUT2D eigenvalue weighted by Gasteiger charge is -2.35. The van der Waals surface area contributed by atoms with E-state index in [-0.39, 0.29) is 25.9 Å². The summed E-state index contributed by atoms with van der Waals surface area (Å²) in [5, 5.41) is 28.3. The van der Waals surface area contributed by atoms with Gasteiger partial charge in [-0.2, -0.15) is 0 Å². The molecule has 92 valence electrons. The fourth-order valence-electron chi connectivity index (χ4n) is 1.57. The molecule has 0 rings (SSSR count). The van der Waals surface area contributed by atoms with E-state index in [0.29, 0.717) is 6.42 Å². The normalized spacial score (nSPS) is 13.6. The zero-order chi connectivity index (χ0) is 12.1. The first kappa shape index (κ1) is 14.8. The van der Waals surface area contributed by atoms with Crippen molar-refractivity contribution in [3.8, 4) is 0 Å². The first-order chi connectivity index (χ1) is 6.74. The van der Waals surface area contributed by atoms with Crippen molar-refractivity contribution in [2.75, 3.05) is 19.8 Å². The summed E-state index contributed by atoms with van der Waals surface area (Å²) >= 11 is 0. The molecule has 0 radical (unpaired) electrons. The fourth-order valence-corrected chi connectivity index (χ4v) is 1.57. The van der Waals surface area contributed by atoms with Crippen LogP contribution in [0.1, 0.15) is 34.1 Å². The van der Waals surface area contributed by atoms with Crippen LogP contribution in [-0.4, -0.2) is 46.8 Å². The summed E-state index contributed by atoms with van der Waals surface area (Å²) in [7, 11) is 0. The molecule has 0 heterocycles. The average Bonchev–Trinajstić information content (AvgIpc) is 2.10. The van der Waals surface area contributed by atoms with Gasteiger partial charge in [-0.3, -0.25) is 0 Å². The quantitative estimate of drug-likeness (QED) is 0.586. The van der Waals surface area contributed by atoms with Gasteiger partial charge in [0.05, 0.1) is 31.5 Å². The fraction of sp³-hybridized carbons (Fsp3) is 1.00. The number of hydrogen-bond donors (Lipinski definition) is 3. The second-order valence-electron chi connectivity index (χ2n) is 5.17. The zero-order valence-electron chi connectivity index (χ0n) is 10.2. The molecule has 0 saturated heterocycles. The van der Waals surface area contributed by atoms with E-state index in [1.54, 1.807) is 13.8 Å². The Bertz CT molecular complexity index is 168. The molecule has 0 bridgehead atoms. The largest absolute Gasteiger partial charge is 0.396 e. The molecule has 0 fully saturated rings. The minimum Gasteiger partial charge on any atom is -0.396 e. The standard InChI is InChI=1S/C11H24O4/c1-9(2)15-8-11(6-12,7-13)5-10(3,4)14/h9,12-14H,5-8H2,1-4H3. The molecule has 3 N–H and O–H groups in total. The molecule has 0 unspecified atom stereocenters. The zero-order valence-corrected chi connectivity index (χ0v) is 10.2. The Balaban J connectivity index is 4.44. The number of ether oxygens (including phenoxy) is 1. The van der Waals surface area contributed by atoms with Gasteiger partial charge in [-0.05, 0) is 34.1 Å². The lowest BCUT2D eigenvalue weighted by Crippen LogP contribution is -2.42. The topological polar surface area (TPSA) is 69.9 Å². The minimum absolute atomic E-state index is 0.0456. The van der Waals surface area contributed by atoms with Crippen molar-refractivity contribution < 1.29 is 20.1 Å². The van der Waals surface area contributed by atoms with Gasteiger partial charge in [-0.25, -0.2) is 0 Å². The number of aliphatic hydroxyl groups is 3. The molecule has 0 aliphatic carbocycles. The van der Waals surface area contributed by atoms with Crippen molar-refractivity contribution in [1.29, 1.82) is 0 Å². The third kappa shape index (κ3) is 6.10. The molecule has 4 nitrogen and oxygen atoms in total. The van der Waals surface area contributed by atoms with Crippen LogP contribution in [0.3, 0.4) is 0 Å². The second kappa shape index (κ2) is 5.80. The summed E-state index contributed by atoms with van der Waals surface area (Å²) in [5.41, 5.74) is -1.69. The van der Waals surface area contributed by atoms with Crippen molar-refractivity contribution in [1.82, 2.24) is 0 Å². The van der Waals surface area contributed by atoms with E-state index >= 15 is 0 Å². The van der Waals surface area contributed by atoms with Crippen LogP contribution in [0.4, 0.5) is 0 Å². The van der Waals surface area contributed by atoms with Crippen LogP contribution < -0.4 is 0 Å². The first-order valence-electron chi connectivity index (χ1n) is 5.30. The van der Waals surface area contributed by atoms with Crippen LogP contribution >= 0.6 is 0 Å². The molecule has 0 aliphatic rings. The maximum absolute atomic E-state index is 9.70. The summed E-state index contributed by atoms with van der Waals surface area (Å²) in [6.45, 7) is 6.96. The lowest BCUT2D eigenvalue weighted by atomic mass is 9.80. The van der Waals surface area contributed by atoms with Crippen molar-refractivity contribution in [2.45, 2.75) is 45.8 Å². The molecular weight excluding hydrogens is 196 g/mol. The molecule has 0 aromatic carbocycles. The van der Waals surface area contributed by atoms with E-state index in [2.05, 4.69) is 0 Å². The van der Waals surface area contributed by atoms with E-state index in [1.165, 1.54) is 0 Å². The van der Waals surface area contributed by atoms with Gasteiger partial charge in [0.2, 0.25) is 0 Å². The van der Waals surface area contributed by atoms with E-state index in [9.17, 15) is 15.3 Å². The monoisotopic (exact) mass is 220 g/mol. The third-order valence-electron chi connectivity index (χ3n) is 2.20. The number of rotatable bonds is 7. The Morgan fingerprint density at radius 2 is 1.60 bits per heavy atom. The SMILES string of the molecule is CC(C)OCC(CO)(CO)CC(C)(C)O. The van der Waals surface area contributed by atoms with Crippen LogP contribution in [-0.2, 0) is 4.74 Å². The highest BCUT2D eigenvalue weighted by Crippen LogP contribution is 2.28. The van der Waals surface area contributed by atoms with Crippen molar-refractivity contribution in [3.05, 3.63) is 0 Å². The Hall–Kier alpha value is -0.160. The molecule has 0 saturated carbocycles. The summed E-state index contributed by atoms with van der Waals surface area (Å²) in [4.78, 5) is 0. The van der Waals surface area contributed by atoms with Gasteiger partial charge >= 0.3 is 0 Å². The minimum atomic E-state index is -0.925. The third-order valence-corrected chi connectivity index (χ3v) is 2.20. The first-order valence-corrected chi connectivity index (χ1v) is 5.30. The Morgan fingerprint density at radius 3 is 1.87 bits per heavy atom. The van der Waals surface area contributed by atoms with Crippen LogP contribution in [0.15, 0.2) is 0 Å². The molecule has 0 aromatic rings. The van der Waals surface area contributed by atoms with Gasteiger partial charge in [-0.15, -0.1) is 0 Å². The predicted molar refractivity (Wildman–Crippen MR) is 58.6 cm³/mol. The van der Waals surface area contributed by atoms with Gasteiger partial charge in [0, 0.05) is 5.41 Å². The van der Waals surface area contributed by atoms with Gasteiger partial charge in [-0.1, -0.05) is 0 Å². The highest BCUT2D eigenvalue weighted by atomic mass is 16.5. The van der Waals surface area contributed by atoms with E-state index in [1.807, 2.05) is 13.8 Å². The van der Waals surface area contributed by atoms with Gasteiger partial charge in [0.1, 0.15) is 0 Å². The van der Waals surface area contributed by atoms with Crippen LogP contribution in [0.2, 0.25) is 0 Å². The molecule has 0 spiro atoms. The van der Waals surface area contributed by atoms with E-state index in [0.717, 1.165) is 0 Å². The number of aliphatic hydroxyl groups excluding tert-OH is 2. The Morgan fingerprint density at radius 1 is 1.13 bits per heavy atom. The van der Waals surface area contributed by atoms with Gasteiger partial charge < -0.3 is 20.1 Å². The summed E-state index contributed by atoms with van der Waals surface area (Å²) in [6.07, 6.45) is 0.351. The second-order valence-corrected chi connectivity index (χ2v) is 5.17. The van der Waals surface area contributed by atoms with Crippen molar-refractivity contribution in [2.24, 2.45) is 5.41 Å². The predicted octanol–water partition coefficient (Wildman–Crippen LogP) is 0.543. The molecule has 0 aliphatic heterocycles. The molecule has 0 amide bonds. The maximum Gasteiger partial charge on any atom is 0.0599 e. The lowest BCUT2D eigenvalue weighted by molar-refractivity contribution is -0.0870. The smallest absolute Gasteiger partial charge is 0.0599 e. The maximum atomic E-state index is 9.70. The van der Waals surface area contributed by atoms with Crippen LogP contribution in [0.5, 0.6) is 0 Å². The Kier molecular flexibility index (Phi) is 5.73. The molecule has 15 heavy (non-hydrogen) atoms. The van der Waals surface area contributed by atoms with E-state index in [4.69, 9.17) is 4.74 Å². The molecular formula is C11H24O4.